The van der Waals surface area contributed by atoms with Crippen LogP contribution in [0.2, 0.25) is 0 Å². The standard InChI is InChI=1S/C17H13BrN6/c1-24-14-5-3-2-4-13(14)15-16(24)20-17(23-21-15)22-19-10-11-6-8-12(18)9-7-11/h2-10H,1H3,(H,20,22,23)/b19-10-. The molecule has 24 heavy (non-hydrogen) atoms. The molecular formula is C17H13BrN6. The second kappa shape index (κ2) is 6.01. The minimum absolute atomic E-state index is 0.363. The molecular weight excluding hydrogens is 368 g/mol. The molecule has 2 aromatic carbocycles. The van der Waals surface area contributed by atoms with Gasteiger partial charge in [-0.2, -0.15) is 10.1 Å². The van der Waals surface area contributed by atoms with E-state index in [9.17, 15) is 0 Å². The number of anilines is 1. The highest BCUT2D eigenvalue weighted by Gasteiger charge is 2.11. The number of aromatic nitrogens is 4. The van der Waals surface area contributed by atoms with Crippen LogP contribution in [-0.2, 0) is 7.05 Å². The van der Waals surface area contributed by atoms with Crippen molar-refractivity contribution in [1.82, 2.24) is 19.7 Å². The second-order valence-electron chi connectivity index (χ2n) is 5.31. The van der Waals surface area contributed by atoms with Crippen molar-refractivity contribution in [3.05, 3.63) is 58.6 Å². The van der Waals surface area contributed by atoms with Gasteiger partial charge in [-0.15, -0.1) is 10.2 Å². The number of nitrogens with one attached hydrogen (secondary N) is 1. The van der Waals surface area contributed by atoms with E-state index in [2.05, 4.69) is 41.6 Å². The van der Waals surface area contributed by atoms with Gasteiger partial charge in [-0.3, -0.25) is 0 Å². The SMILES string of the molecule is Cn1c2ccccc2c2nnc(N/N=C\c3ccc(Br)cc3)nc21. The summed E-state index contributed by atoms with van der Waals surface area (Å²) in [5.74, 6) is 0.363. The fourth-order valence-corrected chi connectivity index (χ4v) is 2.83. The highest BCUT2D eigenvalue weighted by molar-refractivity contribution is 9.10. The maximum Gasteiger partial charge on any atom is 0.265 e. The summed E-state index contributed by atoms with van der Waals surface area (Å²) in [4.78, 5) is 4.51. The number of hydrogen-bond donors (Lipinski definition) is 1. The molecule has 0 amide bonds. The van der Waals surface area contributed by atoms with Gasteiger partial charge in [0.25, 0.3) is 5.95 Å². The molecule has 0 atom stereocenters. The van der Waals surface area contributed by atoms with E-state index in [-0.39, 0.29) is 0 Å². The fourth-order valence-electron chi connectivity index (χ4n) is 2.57. The quantitative estimate of drug-likeness (QED) is 0.434. The number of fused-ring (bicyclic) bond motifs is 3. The van der Waals surface area contributed by atoms with Crippen LogP contribution in [0.5, 0.6) is 0 Å². The van der Waals surface area contributed by atoms with Crippen molar-refractivity contribution < 1.29 is 0 Å². The molecule has 0 saturated carbocycles. The molecule has 1 N–H and O–H groups in total. The maximum absolute atomic E-state index is 4.51. The summed E-state index contributed by atoms with van der Waals surface area (Å²) in [5, 5.41) is 13.6. The Morgan fingerprint density at radius 1 is 1.08 bits per heavy atom. The highest BCUT2D eigenvalue weighted by Crippen LogP contribution is 2.24. The Morgan fingerprint density at radius 3 is 2.71 bits per heavy atom. The van der Waals surface area contributed by atoms with E-state index in [0.29, 0.717) is 5.95 Å². The predicted molar refractivity (Wildman–Crippen MR) is 99.2 cm³/mol. The molecule has 2 aromatic heterocycles. The van der Waals surface area contributed by atoms with Gasteiger partial charge in [0.15, 0.2) is 5.65 Å². The molecule has 0 saturated heterocycles. The number of hydrogen-bond acceptors (Lipinski definition) is 5. The molecule has 0 spiro atoms. The Hall–Kier alpha value is -2.80. The van der Waals surface area contributed by atoms with Crippen LogP contribution in [0.25, 0.3) is 22.1 Å². The molecule has 7 heteroatoms. The molecule has 0 aliphatic carbocycles. The van der Waals surface area contributed by atoms with Crippen molar-refractivity contribution >= 4 is 50.2 Å². The highest BCUT2D eigenvalue weighted by atomic mass is 79.9. The van der Waals surface area contributed by atoms with E-state index in [0.717, 1.165) is 32.1 Å². The zero-order valence-electron chi connectivity index (χ0n) is 12.8. The van der Waals surface area contributed by atoms with Crippen LogP contribution in [0.1, 0.15) is 5.56 Å². The maximum atomic E-state index is 4.51. The van der Waals surface area contributed by atoms with Gasteiger partial charge in [0.2, 0.25) is 0 Å². The number of rotatable bonds is 3. The van der Waals surface area contributed by atoms with Gasteiger partial charge in [-0.25, -0.2) is 5.43 Å². The third-order valence-corrected chi connectivity index (χ3v) is 4.28. The molecule has 0 aliphatic heterocycles. The van der Waals surface area contributed by atoms with Crippen LogP contribution < -0.4 is 5.43 Å². The number of benzene rings is 2. The number of halogens is 1. The summed E-state index contributed by atoms with van der Waals surface area (Å²) in [6.07, 6.45) is 1.71. The van der Waals surface area contributed by atoms with E-state index in [1.807, 2.05) is 60.1 Å². The number of aryl methyl sites for hydroxylation is 1. The molecule has 2 heterocycles. The lowest BCUT2D eigenvalue weighted by atomic mass is 10.2. The first-order valence-electron chi connectivity index (χ1n) is 7.35. The van der Waals surface area contributed by atoms with Crippen molar-refractivity contribution in [2.75, 3.05) is 5.43 Å². The molecule has 6 nitrogen and oxygen atoms in total. The Morgan fingerprint density at radius 2 is 1.88 bits per heavy atom. The average molecular weight is 381 g/mol. The molecule has 0 fully saturated rings. The van der Waals surface area contributed by atoms with E-state index >= 15 is 0 Å². The lowest BCUT2D eigenvalue weighted by Gasteiger charge is -1.99. The third-order valence-electron chi connectivity index (χ3n) is 3.75. The summed E-state index contributed by atoms with van der Waals surface area (Å²) in [6.45, 7) is 0. The third kappa shape index (κ3) is 2.63. The number of nitrogens with zero attached hydrogens (tertiary/aromatic N) is 5. The summed E-state index contributed by atoms with van der Waals surface area (Å²) in [5.41, 5.74) is 6.44. The van der Waals surface area contributed by atoms with Crippen molar-refractivity contribution in [2.24, 2.45) is 12.1 Å². The van der Waals surface area contributed by atoms with Gasteiger partial charge in [0.05, 0.1) is 11.7 Å². The Bertz CT molecular complexity index is 1050. The van der Waals surface area contributed by atoms with E-state index in [4.69, 9.17) is 0 Å². The first-order chi connectivity index (χ1) is 11.7. The summed E-state index contributed by atoms with van der Waals surface area (Å²) in [6, 6.07) is 15.9. The minimum atomic E-state index is 0.363. The minimum Gasteiger partial charge on any atom is -0.327 e. The monoisotopic (exact) mass is 380 g/mol. The van der Waals surface area contributed by atoms with Gasteiger partial charge < -0.3 is 4.57 Å². The van der Waals surface area contributed by atoms with Crippen LogP contribution in [0.4, 0.5) is 5.95 Å². The fraction of sp³-hybridized carbons (Fsp3) is 0.0588. The van der Waals surface area contributed by atoms with Crippen molar-refractivity contribution in [3.63, 3.8) is 0 Å². The van der Waals surface area contributed by atoms with Gasteiger partial charge in [0.1, 0.15) is 5.52 Å². The van der Waals surface area contributed by atoms with Crippen molar-refractivity contribution in [1.29, 1.82) is 0 Å². The second-order valence-corrected chi connectivity index (χ2v) is 6.22. The Kier molecular flexibility index (Phi) is 3.70. The Labute approximate surface area is 146 Å². The van der Waals surface area contributed by atoms with Crippen LogP contribution in [0.15, 0.2) is 58.1 Å². The largest absolute Gasteiger partial charge is 0.327 e. The summed E-state index contributed by atoms with van der Waals surface area (Å²) in [7, 11) is 1.97. The smallest absolute Gasteiger partial charge is 0.265 e. The Balaban J connectivity index is 1.64. The first kappa shape index (κ1) is 14.8. The average Bonchev–Trinajstić information content (AvgIpc) is 2.90. The van der Waals surface area contributed by atoms with E-state index in [1.54, 1.807) is 6.21 Å². The normalized spacial score (nSPS) is 11.6. The topological polar surface area (TPSA) is 68.0 Å². The number of hydrazone groups is 1. The molecule has 118 valence electrons. The molecule has 4 aromatic rings. The van der Waals surface area contributed by atoms with E-state index < -0.39 is 0 Å². The molecule has 0 unspecified atom stereocenters. The lowest BCUT2D eigenvalue weighted by Crippen LogP contribution is -2.00. The van der Waals surface area contributed by atoms with Crippen molar-refractivity contribution in [3.8, 4) is 0 Å². The molecule has 4 rings (SSSR count). The molecule has 0 radical (unpaired) electrons. The van der Waals surface area contributed by atoms with Gasteiger partial charge in [-0.05, 0) is 23.8 Å². The predicted octanol–water partition coefficient (Wildman–Crippen LogP) is 3.73. The zero-order chi connectivity index (χ0) is 16.5. The van der Waals surface area contributed by atoms with Crippen LogP contribution in [0.3, 0.4) is 0 Å². The lowest BCUT2D eigenvalue weighted by molar-refractivity contribution is 0.949. The molecule has 0 aliphatic rings. The number of para-hydroxylation sites is 1. The summed E-state index contributed by atoms with van der Waals surface area (Å²) < 4.78 is 3.03. The van der Waals surface area contributed by atoms with E-state index in [1.165, 1.54) is 0 Å². The van der Waals surface area contributed by atoms with Gasteiger partial charge >= 0.3 is 0 Å². The zero-order valence-corrected chi connectivity index (χ0v) is 14.4. The van der Waals surface area contributed by atoms with Crippen LogP contribution in [-0.4, -0.2) is 26.0 Å². The summed E-state index contributed by atoms with van der Waals surface area (Å²) >= 11 is 3.40. The van der Waals surface area contributed by atoms with Crippen molar-refractivity contribution in [2.45, 2.75) is 0 Å². The van der Waals surface area contributed by atoms with Gasteiger partial charge in [0, 0.05) is 16.9 Å². The van der Waals surface area contributed by atoms with Crippen LogP contribution >= 0.6 is 15.9 Å². The first-order valence-corrected chi connectivity index (χ1v) is 8.14. The van der Waals surface area contributed by atoms with Crippen LogP contribution in [0, 0.1) is 0 Å². The molecule has 0 bridgehead atoms. The van der Waals surface area contributed by atoms with Gasteiger partial charge in [-0.1, -0.05) is 46.3 Å².